The van der Waals surface area contributed by atoms with E-state index in [2.05, 4.69) is 9.97 Å². The highest BCUT2D eigenvalue weighted by molar-refractivity contribution is 5.82. The van der Waals surface area contributed by atoms with Crippen molar-refractivity contribution in [2.45, 2.75) is 6.92 Å². The topological polar surface area (TPSA) is 69.5 Å². The van der Waals surface area contributed by atoms with E-state index in [0.717, 1.165) is 5.39 Å². The molecule has 14 heavy (non-hydrogen) atoms. The van der Waals surface area contributed by atoms with E-state index in [1.54, 1.807) is 25.4 Å². The molecule has 0 aliphatic rings. The van der Waals surface area contributed by atoms with Crippen molar-refractivity contribution in [3.8, 4) is 6.07 Å². The number of rotatable bonds is 0. The van der Waals surface area contributed by atoms with Crippen LogP contribution in [0.4, 0.5) is 0 Å². The molecule has 0 bridgehead atoms. The van der Waals surface area contributed by atoms with Gasteiger partial charge in [0, 0.05) is 11.6 Å². The zero-order chi connectivity index (χ0) is 10.1. The molecule has 0 saturated carbocycles. The Bertz CT molecular complexity index is 592. The Morgan fingerprint density at radius 3 is 3.07 bits per heavy atom. The predicted octanol–water partition coefficient (Wildman–Crippen LogP) is 1.10. The van der Waals surface area contributed by atoms with Gasteiger partial charge >= 0.3 is 0 Å². The van der Waals surface area contributed by atoms with Crippen molar-refractivity contribution in [3.63, 3.8) is 0 Å². The van der Waals surface area contributed by atoms with Crippen molar-refractivity contribution in [1.82, 2.24) is 9.97 Å². The van der Waals surface area contributed by atoms with Crippen LogP contribution in [0.25, 0.3) is 10.9 Å². The Hall–Kier alpha value is -2.15. The van der Waals surface area contributed by atoms with Crippen LogP contribution in [0.15, 0.2) is 23.3 Å². The fraction of sp³-hybridized carbons (Fsp3) is 0.100. The number of nitrogens with zero attached hydrogens (tertiary/aromatic N) is 2. The van der Waals surface area contributed by atoms with Gasteiger partial charge in [0.25, 0.3) is 5.56 Å². The van der Waals surface area contributed by atoms with Gasteiger partial charge in [0.2, 0.25) is 0 Å². The van der Waals surface area contributed by atoms with Crippen LogP contribution < -0.4 is 5.56 Å². The zero-order valence-corrected chi connectivity index (χ0v) is 7.53. The van der Waals surface area contributed by atoms with Gasteiger partial charge in [-0.25, -0.2) is 0 Å². The number of fused-ring (bicyclic) bond motifs is 1. The summed E-state index contributed by atoms with van der Waals surface area (Å²) in [5.74, 6) is 0. The van der Waals surface area contributed by atoms with Crippen LogP contribution in [0, 0.1) is 18.3 Å². The molecule has 0 spiro atoms. The molecule has 4 nitrogen and oxygen atoms in total. The first-order valence-corrected chi connectivity index (χ1v) is 4.10. The van der Waals surface area contributed by atoms with Crippen LogP contribution in [-0.2, 0) is 0 Å². The lowest BCUT2D eigenvalue weighted by atomic mass is 10.1. The minimum Gasteiger partial charge on any atom is -0.319 e. The fourth-order valence-electron chi connectivity index (χ4n) is 1.45. The fourth-order valence-corrected chi connectivity index (χ4v) is 1.45. The largest absolute Gasteiger partial charge is 0.319 e. The number of aromatic nitrogens is 2. The quantitative estimate of drug-likeness (QED) is 0.668. The van der Waals surface area contributed by atoms with Crippen molar-refractivity contribution in [2.24, 2.45) is 0 Å². The number of aryl methyl sites for hydroxylation is 1. The third-order valence-corrected chi connectivity index (χ3v) is 2.19. The minimum atomic E-state index is -0.356. The van der Waals surface area contributed by atoms with Crippen molar-refractivity contribution in [2.75, 3.05) is 0 Å². The Morgan fingerprint density at radius 1 is 1.57 bits per heavy atom. The van der Waals surface area contributed by atoms with Gasteiger partial charge in [-0.2, -0.15) is 5.26 Å². The standard InChI is InChI=1S/C10H7N3O/c1-6-7-2-3-12-5-9(7)13-10(14)8(6)4-11/h2-3,5H,1H3,(H,13,14). The Labute approximate surface area is 79.8 Å². The number of H-pyrrole nitrogens is 1. The SMILES string of the molecule is Cc1c(C#N)c(=O)[nH]c2cnccc12. The van der Waals surface area contributed by atoms with E-state index in [9.17, 15) is 4.79 Å². The summed E-state index contributed by atoms with van der Waals surface area (Å²) in [4.78, 5) is 17.9. The molecule has 2 aromatic heterocycles. The van der Waals surface area contributed by atoms with Crippen LogP contribution in [0.1, 0.15) is 11.1 Å². The molecule has 68 valence electrons. The van der Waals surface area contributed by atoms with Gasteiger partial charge < -0.3 is 4.98 Å². The highest BCUT2D eigenvalue weighted by atomic mass is 16.1. The first-order valence-electron chi connectivity index (χ1n) is 4.10. The van der Waals surface area contributed by atoms with E-state index in [-0.39, 0.29) is 11.1 Å². The maximum absolute atomic E-state index is 11.4. The molecule has 2 heterocycles. The molecule has 0 saturated heterocycles. The highest BCUT2D eigenvalue weighted by Gasteiger charge is 2.07. The molecule has 0 aliphatic heterocycles. The van der Waals surface area contributed by atoms with Crippen molar-refractivity contribution < 1.29 is 0 Å². The van der Waals surface area contributed by atoms with E-state index in [1.165, 1.54) is 0 Å². The Kier molecular flexibility index (Phi) is 1.79. The number of pyridine rings is 2. The summed E-state index contributed by atoms with van der Waals surface area (Å²) in [7, 11) is 0. The Balaban J connectivity index is 3.02. The van der Waals surface area contributed by atoms with E-state index in [1.807, 2.05) is 6.07 Å². The summed E-state index contributed by atoms with van der Waals surface area (Å²) < 4.78 is 0. The van der Waals surface area contributed by atoms with Crippen LogP contribution in [0.2, 0.25) is 0 Å². The molecule has 4 heteroatoms. The summed E-state index contributed by atoms with van der Waals surface area (Å²) in [6, 6.07) is 3.67. The summed E-state index contributed by atoms with van der Waals surface area (Å²) >= 11 is 0. The normalized spacial score (nSPS) is 10.0. The van der Waals surface area contributed by atoms with Crippen LogP contribution >= 0.6 is 0 Å². The highest BCUT2D eigenvalue weighted by Crippen LogP contribution is 2.14. The van der Waals surface area contributed by atoms with Gasteiger partial charge in [0.1, 0.15) is 11.6 Å². The molecule has 1 N–H and O–H groups in total. The molecule has 0 unspecified atom stereocenters. The molecule has 2 aromatic rings. The minimum absolute atomic E-state index is 0.170. The molecular formula is C10H7N3O. The molecule has 0 amide bonds. The third-order valence-electron chi connectivity index (χ3n) is 2.19. The van der Waals surface area contributed by atoms with Gasteiger partial charge in [-0.1, -0.05) is 0 Å². The lowest BCUT2D eigenvalue weighted by molar-refractivity contribution is 1.22. The summed E-state index contributed by atoms with van der Waals surface area (Å²) in [6.45, 7) is 1.76. The molecule has 0 aromatic carbocycles. The molecular weight excluding hydrogens is 178 g/mol. The lowest BCUT2D eigenvalue weighted by Gasteiger charge is -2.01. The Morgan fingerprint density at radius 2 is 2.36 bits per heavy atom. The van der Waals surface area contributed by atoms with Crippen molar-refractivity contribution >= 4 is 10.9 Å². The number of nitriles is 1. The first-order chi connectivity index (χ1) is 6.74. The molecule has 0 atom stereocenters. The van der Waals surface area contributed by atoms with Crippen LogP contribution in [0.3, 0.4) is 0 Å². The van der Waals surface area contributed by atoms with Crippen LogP contribution in [0.5, 0.6) is 0 Å². The molecule has 0 radical (unpaired) electrons. The van der Waals surface area contributed by atoms with Crippen molar-refractivity contribution in [3.05, 3.63) is 39.9 Å². The van der Waals surface area contributed by atoms with Gasteiger partial charge in [0.15, 0.2) is 0 Å². The average molecular weight is 185 g/mol. The summed E-state index contributed by atoms with van der Waals surface area (Å²) in [5.41, 5.74) is 1.18. The second kappa shape index (κ2) is 2.96. The number of hydrogen-bond acceptors (Lipinski definition) is 3. The average Bonchev–Trinajstić information content (AvgIpc) is 2.18. The number of nitrogens with one attached hydrogen (secondary N) is 1. The van der Waals surface area contributed by atoms with Crippen molar-refractivity contribution in [1.29, 1.82) is 5.26 Å². The first kappa shape index (κ1) is 8.45. The summed E-state index contributed by atoms with van der Waals surface area (Å²) in [5, 5.41) is 9.63. The molecule has 0 aliphatic carbocycles. The molecule has 2 rings (SSSR count). The molecule has 0 fully saturated rings. The summed E-state index contributed by atoms with van der Waals surface area (Å²) in [6.07, 6.45) is 3.21. The van der Waals surface area contributed by atoms with E-state index < -0.39 is 0 Å². The maximum atomic E-state index is 11.4. The lowest BCUT2D eigenvalue weighted by Crippen LogP contribution is -2.12. The zero-order valence-electron chi connectivity index (χ0n) is 7.53. The number of hydrogen-bond donors (Lipinski definition) is 1. The van der Waals surface area contributed by atoms with E-state index >= 15 is 0 Å². The van der Waals surface area contributed by atoms with Crippen LogP contribution in [-0.4, -0.2) is 9.97 Å². The van der Waals surface area contributed by atoms with E-state index in [4.69, 9.17) is 5.26 Å². The van der Waals surface area contributed by atoms with Gasteiger partial charge in [-0.15, -0.1) is 0 Å². The maximum Gasteiger partial charge on any atom is 0.266 e. The number of aromatic amines is 1. The smallest absolute Gasteiger partial charge is 0.266 e. The second-order valence-electron chi connectivity index (χ2n) is 2.99. The van der Waals surface area contributed by atoms with Gasteiger partial charge in [0.05, 0.1) is 11.7 Å². The monoisotopic (exact) mass is 185 g/mol. The van der Waals surface area contributed by atoms with E-state index in [0.29, 0.717) is 11.1 Å². The second-order valence-corrected chi connectivity index (χ2v) is 2.99. The van der Waals surface area contributed by atoms with Gasteiger partial charge in [-0.3, -0.25) is 9.78 Å². The van der Waals surface area contributed by atoms with Gasteiger partial charge in [-0.05, 0) is 18.6 Å². The third kappa shape index (κ3) is 1.07. The predicted molar refractivity (Wildman–Crippen MR) is 51.8 cm³/mol.